The predicted octanol–water partition coefficient (Wildman–Crippen LogP) is 5.30. The number of phenolic OH excluding ortho intramolecular Hbond substituents is 1. The average Bonchev–Trinajstić information content (AvgIpc) is 2.81. The van der Waals surface area contributed by atoms with Crippen LogP contribution in [-0.4, -0.2) is 77.6 Å². The number of hydrogen-bond donors (Lipinski definition) is 3. The molecule has 1 atom stereocenters. The van der Waals surface area contributed by atoms with Crippen LogP contribution in [-0.2, 0) is 6.18 Å². The first kappa shape index (κ1) is 29.3. The molecule has 0 saturated heterocycles. The number of rotatable bonds is 11. The van der Waals surface area contributed by atoms with E-state index in [0.717, 1.165) is 43.4 Å². The number of benzene rings is 2. The van der Waals surface area contributed by atoms with Gasteiger partial charge in [0.2, 0.25) is 0 Å². The summed E-state index contributed by atoms with van der Waals surface area (Å²) in [5, 5.41) is 21.5. The highest BCUT2D eigenvalue weighted by Gasteiger charge is 2.31. The van der Waals surface area contributed by atoms with Gasteiger partial charge in [0.1, 0.15) is 5.75 Å². The third kappa shape index (κ3) is 7.87. The number of alkyl halides is 3. The third-order valence-electron chi connectivity index (χ3n) is 5.93. The van der Waals surface area contributed by atoms with E-state index in [1.165, 1.54) is 24.3 Å². The van der Waals surface area contributed by atoms with Crippen LogP contribution in [0.4, 0.5) is 13.2 Å². The van der Waals surface area contributed by atoms with E-state index in [0.29, 0.717) is 13.0 Å². The summed E-state index contributed by atoms with van der Waals surface area (Å²) in [6, 6.07) is 7.22. The maximum atomic E-state index is 13.5. The maximum Gasteiger partial charge on any atom is 0.416 e. The molecule has 2 aromatic carbocycles. The second kappa shape index (κ2) is 12.5. The molecular weight excluding hydrogens is 527 g/mol. The number of nitrogens with zero attached hydrogens (tertiary/aromatic N) is 2. The lowest BCUT2D eigenvalue weighted by Crippen LogP contribution is -2.27. The molecular formula is C26H31ClF3N3O3S. The number of halogens is 4. The zero-order valence-electron chi connectivity index (χ0n) is 20.9. The van der Waals surface area contributed by atoms with Crippen LogP contribution in [0.15, 0.2) is 46.1 Å². The van der Waals surface area contributed by atoms with Crippen molar-refractivity contribution in [1.82, 2.24) is 14.8 Å². The number of thioether (sulfide) groups is 1. The van der Waals surface area contributed by atoms with Gasteiger partial charge in [-0.2, -0.15) is 13.2 Å². The van der Waals surface area contributed by atoms with Crippen molar-refractivity contribution in [2.24, 2.45) is 0 Å². The summed E-state index contributed by atoms with van der Waals surface area (Å²) in [5.41, 5.74) is -0.942. The molecule has 3 rings (SSSR count). The van der Waals surface area contributed by atoms with Crippen LogP contribution in [0, 0.1) is 0 Å². The standard InChI is InChI=1S/C26H31ClF3N3O3S/c1-32(2)10-4-11-33(3)12-9-18(34)15-37-24-23(20-14-17(27)6-8-22(20)35)19-13-16(26(28,29)30)5-7-21(19)31-25(24)36/h5-8,13-14,18,34-35H,4,9-12,15H2,1-3H3,(H,31,36). The van der Waals surface area contributed by atoms with Crippen molar-refractivity contribution in [2.75, 3.05) is 46.5 Å². The van der Waals surface area contributed by atoms with Crippen molar-refractivity contribution in [1.29, 1.82) is 0 Å². The van der Waals surface area contributed by atoms with Gasteiger partial charge in [-0.1, -0.05) is 11.6 Å². The Kier molecular flexibility index (Phi) is 9.93. The SMILES string of the molecule is CN(C)CCCN(C)CCC(O)CSc1c(-c2cc(Cl)ccc2O)c2cc(C(F)(F)F)ccc2[nH]c1=O. The fourth-order valence-electron chi connectivity index (χ4n) is 3.97. The van der Waals surface area contributed by atoms with Gasteiger partial charge in [0.05, 0.1) is 16.6 Å². The van der Waals surface area contributed by atoms with E-state index < -0.39 is 23.4 Å². The minimum atomic E-state index is -4.60. The minimum absolute atomic E-state index is 0.0998. The molecule has 37 heavy (non-hydrogen) atoms. The number of phenols is 1. The van der Waals surface area contributed by atoms with Gasteiger partial charge < -0.3 is 25.0 Å². The largest absolute Gasteiger partial charge is 0.507 e. The van der Waals surface area contributed by atoms with Crippen molar-refractivity contribution in [3.05, 3.63) is 57.3 Å². The van der Waals surface area contributed by atoms with Crippen molar-refractivity contribution in [3.63, 3.8) is 0 Å². The fourth-order valence-corrected chi connectivity index (χ4v) is 5.21. The van der Waals surface area contributed by atoms with E-state index in [-0.39, 0.29) is 43.5 Å². The molecule has 202 valence electrons. The Morgan fingerprint density at radius 3 is 2.49 bits per heavy atom. The minimum Gasteiger partial charge on any atom is -0.507 e. The molecule has 0 aliphatic rings. The molecule has 3 aromatic rings. The van der Waals surface area contributed by atoms with Crippen LogP contribution < -0.4 is 5.56 Å². The van der Waals surface area contributed by atoms with E-state index in [1.54, 1.807) is 0 Å². The number of fused-ring (bicyclic) bond motifs is 1. The van der Waals surface area contributed by atoms with Crippen LogP contribution in [0.3, 0.4) is 0 Å². The van der Waals surface area contributed by atoms with Gasteiger partial charge in [0.25, 0.3) is 5.56 Å². The number of aliphatic hydroxyl groups excluding tert-OH is 1. The Hall–Kier alpha value is -2.24. The number of nitrogens with one attached hydrogen (secondary N) is 1. The van der Waals surface area contributed by atoms with E-state index >= 15 is 0 Å². The number of aromatic amines is 1. The Bertz CT molecular complexity index is 1280. The lowest BCUT2D eigenvalue weighted by molar-refractivity contribution is -0.137. The molecule has 0 spiro atoms. The monoisotopic (exact) mass is 557 g/mol. The number of H-pyrrole nitrogens is 1. The van der Waals surface area contributed by atoms with Gasteiger partial charge in [-0.05, 0) is 83.5 Å². The summed E-state index contributed by atoms with van der Waals surface area (Å²) in [5.74, 6) is -0.0802. The Morgan fingerprint density at radius 1 is 1.08 bits per heavy atom. The highest BCUT2D eigenvalue weighted by atomic mass is 35.5. The van der Waals surface area contributed by atoms with Gasteiger partial charge in [-0.15, -0.1) is 11.8 Å². The van der Waals surface area contributed by atoms with Crippen LogP contribution in [0.2, 0.25) is 5.02 Å². The highest BCUT2D eigenvalue weighted by molar-refractivity contribution is 7.99. The molecule has 0 aliphatic carbocycles. The van der Waals surface area contributed by atoms with Gasteiger partial charge in [0, 0.05) is 39.4 Å². The van der Waals surface area contributed by atoms with Crippen LogP contribution in [0.1, 0.15) is 18.4 Å². The summed E-state index contributed by atoms with van der Waals surface area (Å²) in [7, 11) is 6.00. The number of aromatic hydroxyl groups is 1. The second-order valence-corrected chi connectivity index (χ2v) is 10.8. The first-order valence-corrected chi connectivity index (χ1v) is 13.1. The molecule has 0 saturated carbocycles. The van der Waals surface area contributed by atoms with E-state index in [9.17, 15) is 28.2 Å². The van der Waals surface area contributed by atoms with E-state index in [2.05, 4.69) is 14.8 Å². The first-order valence-electron chi connectivity index (χ1n) is 11.8. The smallest absolute Gasteiger partial charge is 0.416 e. The molecule has 11 heteroatoms. The van der Waals surface area contributed by atoms with Gasteiger partial charge >= 0.3 is 6.18 Å². The van der Waals surface area contributed by atoms with Crippen molar-refractivity contribution in [3.8, 4) is 16.9 Å². The van der Waals surface area contributed by atoms with Crippen molar-refractivity contribution in [2.45, 2.75) is 30.0 Å². The number of hydrogen-bond acceptors (Lipinski definition) is 6. The van der Waals surface area contributed by atoms with Gasteiger partial charge in [-0.25, -0.2) is 0 Å². The van der Waals surface area contributed by atoms with Crippen molar-refractivity contribution >= 4 is 34.3 Å². The zero-order valence-corrected chi connectivity index (χ0v) is 22.5. The maximum absolute atomic E-state index is 13.5. The summed E-state index contributed by atoms with van der Waals surface area (Å²) in [6.07, 6.45) is -3.89. The summed E-state index contributed by atoms with van der Waals surface area (Å²) >= 11 is 7.17. The zero-order chi connectivity index (χ0) is 27.3. The Balaban J connectivity index is 1.92. The molecule has 0 fully saturated rings. The third-order valence-corrected chi connectivity index (χ3v) is 7.40. The molecule has 0 amide bonds. The van der Waals surface area contributed by atoms with Crippen LogP contribution in [0.5, 0.6) is 5.75 Å². The van der Waals surface area contributed by atoms with E-state index in [4.69, 9.17) is 11.6 Å². The lowest BCUT2D eigenvalue weighted by atomic mass is 9.98. The molecule has 1 heterocycles. The van der Waals surface area contributed by atoms with Gasteiger partial charge in [0.15, 0.2) is 0 Å². The second-order valence-electron chi connectivity index (χ2n) is 9.29. The Morgan fingerprint density at radius 2 is 1.81 bits per heavy atom. The molecule has 0 radical (unpaired) electrons. The van der Waals surface area contributed by atoms with Crippen molar-refractivity contribution < 1.29 is 23.4 Å². The van der Waals surface area contributed by atoms with Crippen LogP contribution in [0.25, 0.3) is 22.0 Å². The van der Waals surface area contributed by atoms with Gasteiger partial charge in [-0.3, -0.25) is 4.79 Å². The molecule has 3 N–H and O–H groups in total. The summed E-state index contributed by atoms with van der Waals surface area (Å²) < 4.78 is 40.5. The number of aliphatic hydroxyl groups is 1. The highest BCUT2D eigenvalue weighted by Crippen LogP contribution is 2.42. The number of aromatic nitrogens is 1. The van der Waals surface area contributed by atoms with E-state index in [1.807, 2.05) is 21.1 Å². The fraction of sp³-hybridized carbons (Fsp3) is 0.423. The molecule has 1 unspecified atom stereocenters. The first-order chi connectivity index (χ1) is 17.4. The molecule has 0 bridgehead atoms. The topological polar surface area (TPSA) is 79.8 Å². The molecule has 0 aliphatic heterocycles. The normalized spacial score (nSPS) is 13.1. The molecule has 1 aromatic heterocycles. The summed E-state index contributed by atoms with van der Waals surface area (Å²) in [4.78, 5) is 20.0. The Labute approximate surface area is 223 Å². The van der Waals surface area contributed by atoms with Crippen LogP contribution >= 0.6 is 23.4 Å². The molecule has 6 nitrogen and oxygen atoms in total. The number of pyridine rings is 1. The average molecular weight is 558 g/mol. The summed E-state index contributed by atoms with van der Waals surface area (Å²) in [6.45, 7) is 2.49. The lowest BCUT2D eigenvalue weighted by Gasteiger charge is -2.20. The predicted molar refractivity (Wildman–Crippen MR) is 144 cm³/mol. The quantitative estimate of drug-likeness (QED) is 0.278.